The summed E-state index contributed by atoms with van der Waals surface area (Å²) in [5.74, 6) is 1.42. The van der Waals surface area contributed by atoms with E-state index in [1.165, 1.54) is 11.1 Å². The number of nitrogens with zero attached hydrogens (tertiary/aromatic N) is 2. The fraction of sp³-hybridized carbons (Fsp3) is 0.312. The average Bonchev–Trinajstić information content (AvgIpc) is 2.38. The number of hydrogen-bond acceptors (Lipinski definition) is 2. The summed E-state index contributed by atoms with van der Waals surface area (Å²) < 4.78 is 0. The molecule has 0 saturated carbocycles. The van der Waals surface area contributed by atoms with E-state index in [9.17, 15) is 0 Å². The molecule has 1 heterocycles. The molecule has 0 radical (unpaired) electrons. The molecule has 3 heteroatoms. The average molecular weight is 275 g/mol. The first-order chi connectivity index (χ1) is 9.02. The number of halogens is 1. The van der Waals surface area contributed by atoms with E-state index >= 15 is 0 Å². The van der Waals surface area contributed by atoms with Gasteiger partial charge in [-0.1, -0.05) is 17.7 Å². The number of pyridine rings is 1. The molecule has 0 bridgehead atoms. The molecule has 0 unspecified atom stereocenters. The predicted molar refractivity (Wildman–Crippen MR) is 82.5 cm³/mol. The maximum absolute atomic E-state index is 6.08. The minimum absolute atomic E-state index is 0.477. The molecule has 19 heavy (non-hydrogen) atoms. The summed E-state index contributed by atoms with van der Waals surface area (Å²) in [4.78, 5) is 6.74. The van der Waals surface area contributed by atoms with Crippen LogP contribution in [-0.2, 0) is 5.88 Å². The van der Waals surface area contributed by atoms with Gasteiger partial charge in [-0.3, -0.25) is 0 Å². The van der Waals surface area contributed by atoms with Crippen molar-refractivity contribution < 1.29 is 0 Å². The fourth-order valence-electron chi connectivity index (χ4n) is 2.18. The van der Waals surface area contributed by atoms with Gasteiger partial charge in [-0.2, -0.15) is 0 Å². The van der Waals surface area contributed by atoms with Gasteiger partial charge in [0.15, 0.2) is 0 Å². The molecule has 2 nitrogen and oxygen atoms in total. The normalized spacial score (nSPS) is 10.6. The Morgan fingerprint density at radius 3 is 2.32 bits per heavy atom. The van der Waals surface area contributed by atoms with Crippen molar-refractivity contribution in [2.75, 3.05) is 11.9 Å². The van der Waals surface area contributed by atoms with Crippen LogP contribution in [0.4, 0.5) is 11.5 Å². The van der Waals surface area contributed by atoms with E-state index in [1.807, 2.05) is 14.0 Å². The van der Waals surface area contributed by atoms with Gasteiger partial charge in [0.2, 0.25) is 0 Å². The van der Waals surface area contributed by atoms with Crippen LogP contribution >= 0.6 is 11.6 Å². The van der Waals surface area contributed by atoms with Crippen LogP contribution < -0.4 is 4.90 Å². The van der Waals surface area contributed by atoms with Gasteiger partial charge in [-0.05, 0) is 44.5 Å². The van der Waals surface area contributed by atoms with E-state index < -0.39 is 0 Å². The van der Waals surface area contributed by atoms with E-state index in [4.69, 9.17) is 11.6 Å². The topological polar surface area (TPSA) is 16.1 Å². The van der Waals surface area contributed by atoms with Crippen LogP contribution in [0.15, 0.2) is 30.3 Å². The summed E-state index contributed by atoms with van der Waals surface area (Å²) in [6, 6.07) is 10.5. The van der Waals surface area contributed by atoms with E-state index in [-0.39, 0.29) is 0 Å². The van der Waals surface area contributed by atoms with Gasteiger partial charge in [-0.15, -0.1) is 11.6 Å². The molecule has 0 N–H and O–H groups in total. The molecule has 0 saturated heterocycles. The molecule has 0 aliphatic rings. The number of aryl methyl sites for hydroxylation is 3. The largest absolute Gasteiger partial charge is 0.329 e. The first kappa shape index (κ1) is 13.9. The number of anilines is 2. The summed E-state index contributed by atoms with van der Waals surface area (Å²) in [7, 11) is 2.03. The Balaban J connectivity index is 2.48. The SMILES string of the molecule is Cc1ccc(N(C)c2nc(C)cc(C)c2CCl)cc1. The molecule has 1 aromatic heterocycles. The summed E-state index contributed by atoms with van der Waals surface area (Å²) in [5, 5.41) is 0. The third-order valence-electron chi connectivity index (χ3n) is 3.33. The number of rotatable bonds is 3. The van der Waals surface area contributed by atoms with Crippen LogP contribution in [0.25, 0.3) is 0 Å². The van der Waals surface area contributed by atoms with Crippen LogP contribution in [0.1, 0.15) is 22.4 Å². The first-order valence-corrected chi connectivity index (χ1v) is 6.90. The van der Waals surface area contributed by atoms with Gasteiger partial charge in [0.05, 0.1) is 5.88 Å². The van der Waals surface area contributed by atoms with E-state index in [0.717, 1.165) is 22.8 Å². The van der Waals surface area contributed by atoms with Crippen LogP contribution in [0.2, 0.25) is 0 Å². The van der Waals surface area contributed by atoms with Crippen molar-refractivity contribution >= 4 is 23.1 Å². The highest BCUT2D eigenvalue weighted by atomic mass is 35.5. The highest BCUT2D eigenvalue weighted by molar-refractivity contribution is 6.17. The second kappa shape index (κ2) is 5.62. The molecular formula is C16H19ClN2. The van der Waals surface area contributed by atoms with Crippen molar-refractivity contribution in [3.8, 4) is 0 Å². The second-order valence-electron chi connectivity index (χ2n) is 4.91. The number of benzene rings is 1. The van der Waals surface area contributed by atoms with Gasteiger partial charge < -0.3 is 4.90 Å². The third-order valence-corrected chi connectivity index (χ3v) is 3.59. The zero-order valence-electron chi connectivity index (χ0n) is 11.9. The van der Waals surface area contributed by atoms with Crippen molar-refractivity contribution in [1.82, 2.24) is 4.98 Å². The minimum atomic E-state index is 0.477. The zero-order chi connectivity index (χ0) is 14.0. The van der Waals surface area contributed by atoms with Gasteiger partial charge in [0, 0.05) is 24.0 Å². The number of hydrogen-bond donors (Lipinski definition) is 0. The van der Waals surface area contributed by atoms with E-state index in [2.05, 4.69) is 54.1 Å². The maximum Gasteiger partial charge on any atom is 0.137 e. The highest BCUT2D eigenvalue weighted by Crippen LogP contribution is 2.29. The molecule has 0 fully saturated rings. The summed E-state index contributed by atoms with van der Waals surface area (Å²) in [6.45, 7) is 6.18. The van der Waals surface area contributed by atoms with Gasteiger partial charge >= 0.3 is 0 Å². The summed E-state index contributed by atoms with van der Waals surface area (Å²) in [6.07, 6.45) is 0. The molecule has 0 amide bonds. The monoisotopic (exact) mass is 274 g/mol. The van der Waals surface area contributed by atoms with Gasteiger partial charge in [0.25, 0.3) is 0 Å². The Morgan fingerprint density at radius 1 is 1.11 bits per heavy atom. The fourth-order valence-corrected chi connectivity index (χ4v) is 2.51. The third kappa shape index (κ3) is 2.90. The second-order valence-corrected chi connectivity index (χ2v) is 5.18. The predicted octanol–water partition coefficient (Wildman–Crippen LogP) is 4.51. The van der Waals surface area contributed by atoms with Crippen molar-refractivity contribution in [2.45, 2.75) is 26.7 Å². The molecule has 0 aliphatic carbocycles. The summed E-state index contributed by atoms with van der Waals surface area (Å²) >= 11 is 6.08. The Labute approximate surface area is 120 Å². The van der Waals surface area contributed by atoms with Crippen LogP contribution in [-0.4, -0.2) is 12.0 Å². The molecular weight excluding hydrogens is 256 g/mol. The Kier molecular flexibility index (Phi) is 4.11. The lowest BCUT2D eigenvalue weighted by Crippen LogP contribution is -2.14. The Morgan fingerprint density at radius 2 is 1.74 bits per heavy atom. The van der Waals surface area contributed by atoms with Crippen molar-refractivity contribution in [1.29, 1.82) is 0 Å². The minimum Gasteiger partial charge on any atom is -0.329 e. The lowest BCUT2D eigenvalue weighted by molar-refractivity contribution is 1.05. The standard InChI is InChI=1S/C16H19ClN2/c1-11-5-7-14(8-6-11)19(4)16-15(10-17)12(2)9-13(3)18-16/h5-9H,10H2,1-4H3. The first-order valence-electron chi connectivity index (χ1n) is 6.36. The van der Waals surface area contributed by atoms with Crippen molar-refractivity contribution in [2.24, 2.45) is 0 Å². The van der Waals surface area contributed by atoms with Crippen molar-refractivity contribution in [3.63, 3.8) is 0 Å². The lowest BCUT2D eigenvalue weighted by atomic mass is 10.1. The zero-order valence-corrected chi connectivity index (χ0v) is 12.6. The number of aromatic nitrogens is 1. The maximum atomic E-state index is 6.08. The molecule has 1 aromatic carbocycles. The molecule has 2 rings (SSSR count). The number of alkyl halides is 1. The molecule has 100 valence electrons. The molecule has 0 atom stereocenters. The summed E-state index contributed by atoms with van der Waals surface area (Å²) in [5.41, 5.74) is 5.67. The van der Waals surface area contributed by atoms with Crippen molar-refractivity contribution in [3.05, 3.63) is 52.7 Å². The van der Waals surface area contributed by atoms with Gasteiger partial charge in [-0.25, -0.2) is 4.98 Å². The Hall–Kier alpha value is -1.54. The van der Waals surface area contributed by atoms with Gasteiger partial charge in [0.1, 0.15) is 5.82 Å². The van der Waals surface area contributed by atoms with Crippen LogP contribution in [0, 0.1) is 20.8 Å². The van der Waals surface area contributed by atoms with Crippen LogP contribution in [0.5, 0.6) is 0 Å². The van der Waals surface area contributed by atoms with E-state index in [1.54, 1.807) is 0 Å². The molecule has 2 aromatic rings. The quantitative estimate of drug-likeness (QED) is 0.766. The molecule has 0 spiro atoms. The van der Waals surface area contributed by atoms with Crippen LogP contribution in [0.3, 0.4) is 0 Å². The Bertz CT molecular complexity index is 576. The highest BCUT2D eigenvalue weighted by Gasteiger charge is 2.13. The molecule has 0 aliphatic heterocycles. The van der Waals surface area contributed by atoms with E-state index in [0.29, 0.717) is 5.88 Å². The lowest BCUT2D eigenvalue weighted by Gasteiger charge is -2.22. The smallest absolute Gasteiger partial charge is 0.137 e.